The average molecular weight is 329 g/mol. The molecule has 0 saturated carbocycles. The van der Waals surface area contributed by atoms with Crippen LogP contribution in [0.1, 0.15) is 28.4 Å². The molecule has 0 aliphatic carbocycles. The summed E-state index contributed by atoms with van der Waals surface area (Å²) >= 11 is 0. The molecule has 0 aromatic heterocycles. The van der Waals surface area contributed by atoms with Gasteiger partial charge in [0.2, 0.25) is 0 Å². The minimum absolute atomic E-state index is 0.170. The van der Waals surface area contributed by atoms with E-state index in [2.05, 4.69) is 5.32 Å². The number of aryl methyl sites for hydroxylation is 1. The summed E-state index contributed by atoms with van der Waals surface area (Å²) in [7, 11) is 4.74. The fraction of sp³-hybridized carbons (Fsp3) is 0.316. The van der Waals surface area contributed by atoms with Gasteiger partial charge in [-0.05, 0) is 41.8 Å². The van der Waals surface area contributed by atoms with E-state index in [9.17, 15) is 4.79 Å². The summed E-state index contributed by atoms with van der Waals surface area (Å²) in [6.07, 6.45) is 0.861. The van der Waals surface area contributed by atoms with Crippen molar-refractivity contribution in [1.29, 1.82) is 0 Å². The number of carbonyl (C=O) groups excluding carboxylic acids is 1. The van der Waals surface area contributed by atoms with E-state index in [1.165, 1.54) is 0 Å². The number of carbonyl (C=O) groups is 1. The normalized spacial score (nSPS) is 10.2. The van der Waals surface area contributed by atoms with Crippen molar-refractivity contribution in [3.8, 4) is 17.2 Å². The molecule has 0 atom stereocenters. The fourth-order valence-electron chi connectivity index (χ4n) is 2.42. The predicted molar refractivity (Wildman–Crippen MR) is 93.1 cm³/mol. The second-order valence-electron chi connectivity index (χ2n) is 5.26. The molecule has 0 radical (unpaired) electrons. The van der Waals surface area contributed by atoms with E-state index in [0.717, 1.165) is 17.5 Å². The molecular formula is C19H23NO4. The zero-order chi connectivity index (χ0) is 17.5. The summed E-state index contributed by atoms with van der Waals surface area (Å²) < 4.78 is 15.8. The maximum absolute atomic E-state index is 12.5. The second-order valence-corrected chi connectivity index (χ2v) is 5.26. The summed E-state index contributed by atoms with van der Waals surface area (Å²) in [4.78, 5) is 12.5. The first-order valence-corrected chi connectivity index (χ1v) is 7.79. The maximum atomic E-state index is 12.5. The first-order valence-electron chi connectivity index (χ1n) is 7.79. The smallest absolute Gasteiger partial charge is 0.255 e. The van der Waals surface area contributed by atoms with Gasteiger partial charge >= 0.3 is 0 Å². The molecule has 1 N–H and O–H groups in total. The Labute approximate surface area is 142 Å². The Hall–Kier alpha value is -2.69. The van der Waals surface area contributed by atoms with Crippen molar-refractivity contribution in [1.82, 2.24) is 5.32 Å². The Bertz CT molecular complexity index is 713. The SMILES string of the molecule is CCc1ccc(OC)c(C(=O)NCc2ccc(OC)c(OC)c2)c1. The van der Waals surface area contributed by atoms with Gasteiger partial charge in [0, 0.05) is 6.54 Å². The monoisotopic (exact) mass is 329 g/mol. The van der Waals surface area contributed by atoms with Crippen molar-refractivity contribution < 1.29 is 19.0 Å². The lowest BCUT2D eigenvalue weighted by Crippen LogP contribution is -2.23. The van der Waals surface area contributed by atoms with Gasteiger partial charge in [0.25, 0.3) is 5.91 Å². The zero-order valence-corrected chi connectivity index (χ0v) is 14.5. The number of methoxy groups -OCH3 is 3. The van der Waals surface area contributed by atoms with Crippen LogP contribution in [0.2, 0.25) is 0 Å². The highest BCUT2D eigenvalue weighted by atomic mass is 16.5. The number of ether oxygens (including phenoxy) is 3. The molecule has 5 heteroatoms. The number of benzene rings is 2. The Morgan fingerprint density at radius 1 is 0.875 bits per heavy atom. The molecule has 2 aromatic rings. The highest BCUT2D eigenvalue weighted by Gasteiger charge is 2.13. The minimum atomic E-state index is -0.170. The molecule has 0 heterocycles. The van der Waals surface area contributed by atoms with Gasteiger partial charge in [0.15, 0.2) is 11.5 Å². The highest BCUT2D eigenvalue weighted by Crippen LogP contribution is 2.27. The van der Waals surface area contributed by atoms with Crippen LogP contribution in [-0.2, 0) is 13.0 Å². The summed E-state index contributed by atoms with van der Waals surface area (Å²) in [5, 5.41) is 2.91. The van der Waals surface area contributed by atoms with E-state index in [1.807, 2.05) is 43.3 Å². The third-order valence-corrected chi connectivity index (χ3v) is 3.82. The van der Waals surface area contributed by atoms with Crippen LogP contribution in [0.5, 0.6) is 17.2 Å². The number of hydrogen-bond acceptors (Lipinski definition) is 4. The molecule has 5 nitrogen and oxygen atoms in total. The van der Waals surface area contributed by atoms with Crippen molar-refractivity contribution in [2.75, 3.05) is 21.3 Å². The molecule has 0 saturated heterocycles. The molecule has 2 aromatic carbocycles. The molecule has 0 fully saturated rings. The van der Waals surface area contributed by atoms with Crippen LogP contribution in [0.15, 0.2) is 36.4 Å². The van der Waals surface area contributed by atoms with Gasteiger partial charge in [-0.25, -0.2) is 0 Å². The topological polar surface area (TPSA) is 56.8 Å². The predicted octanol–water partition coefficient (Wildman–Crippen LogP) is 3.20. The van der Waals surface area contributed by atoms with Gasteiger partial charge in [0.05, 0.1) is 26.9 Å². The lowest BCUT2D eigenvalue weighted by Gasteiger charge is -2.12. The van der Waals surface area contributed by atoms with Gasteiger partial charge in [-0.1, -0.05) is 19.1 Å². The molecule has 24 heavy (non-hydrogen) atoms. The van der Waals surface area contributed by atoms with Crippen LogP contribution in [-0.4, -0.2) is 27.2 Å². The van der Waals surface area contributed by atoms with Gasteiger partial charge in [-0.2, -0.15) is 0 Å². The van der Waals surface area contributed by atoms with Gasteiger partial charge in [-0.15, -0.1) is 0 Å². The fourth-order valence-corrected chi connectivity index (χ4v) is 2.42. The first kappa shape index (κ1) is 17.7. The number of hydrogen-bond donors (Lipinski definition) is 1. The number of nitrogens with one attached hydrogen (secondary N) is 1. The van der Waals surface area contributed by atoms with E-state index in [4.69, 9.17) is 14.2 Å². The maximum Gasteiger partial charge on any atom is 0.255 e. The number of amides is 1. The first-order chi connectivity index (χ1) is 11.6. The van der Waals surface area contributed by atoms with Crippen molar-refractivity contribution in [2.24, 2.45) is 0 Å². The third kappa shape index (κ3) is 3.98. The highest BCUT2D eigenvalue weighted by molar-refractivity contribution is 5.97. The van der Waals surface area contributed by atoms with E-state index in [-0.39, 0.29) is 5.91 Å². The molecular weight excluding hydrogens is 306 g/mol. The van der Waals surface area contributed by atoms with Gasteiger partial charge < -0.3 is 19.5 Å². The Kier molecular flexibility index (Phi) is 6.07. The van der Waals surface area contributed by atoms with E-state index >= 15 is 0 Å². The molecule has 0 aliphatic rings. The van der Waals surface area contributed by atoms with E-state index in [0.29, 0.717) is 29.4 Å². The summed E-state index contributed by atoms with van der Waals surface area (Å²) in [6, 6.07) is 11.2. The largest absolute Gasteiger partial charge is 0.496 e. The molecule has 2 rings (SSSR count). The average Bonchev–Trinajstić information content (AvgIpc) is 2.65. The zero-order valence-electron chi connectivity index (χ0n) is 14.5. The van der Waals surface area contributed by atoms with Crippen molar-refractivity contribution in [2.45, 2.75) is 19.9 Å². The molecule has 0 spiro atoms. The van der Waals surface area contributed by atoms with E-state index in [1.54, 1.807) is 21.3 Å². The van der Waals surface area contributed by atoms with Crippen LogP contribution in [0, 0.1) is 0 Å². The lowest BCUT2D eigenvalue weighted by molar-refractivity contribution is 0.0947. The summed E-state index contributed by atoms with van der Waals surface area (Å²) in [5.74, 6) is 1.69. The Balaban J connectivity index is 2.13. The van der Waals surface area contributed by atoms with Gasteiger partial charge in [0.1, 0.15) is 5.75 Å². The van der Waals surface area contributed by atoms with Crippen LogP contribution >= 0.6 is 0 Å². The van der Waals surface area contributed by atoms with Crippen LogP contribution < -0.4 is 19.5 Å². The van der Waals surface area contributed by atoms with Crippen molar-refractivity contribution in [3.05, 3.63) is 53.1 Å². The molecule has 128 valence electrons. The van der Waals surface area contributed by atoms with Crippen LogP contribution in [0.25, 0.3) is 0 Å². The summed E-state index contributed by atoms with van der Waals surface area (Å²) in [5.41, 5.74) is 2.55. The number of rotatable bonds is 7. The molecule has 0 unspecified atom stereocenters. The quantitative estimate of drug-likeness (QED) is 0.847. The van der Waals surface area contributed by atoms with Crippen LogP contribution in [0.4, 0.5) is 0 Å². The van der Waals surface area contributed by atoms with Crippen molar-refractivity contribution in [3.63, 3.8) is 0 Å². The second kappa shape index (κ2) is 8.24. The van der Waals surface area contributed by atoms with Crippen molar-refractivity contribution >= 4 is 5.91 Å². The van der Waals surface area contributed by atoms with E-state index < -0.39 is 0 Å². The molecule has 1 amide bonds. The Morgan fingerprint density at radius 2 is 1.50 bits per heavy atom. The standard InChI is InChI=1S/C19H23NO4/c1-5-13-6-8-16(22-2)15(10-13)19(21)20-12-14-7-9-17(23-3)18(11-14)24-4/h6-11H,5,12H2,1-4H3,(H,20,21). The summed E-state index contributed by atoms with van der Waals surface area (Å²) in [6.45, 7) is 2.44. The van der Waals surface area contributed by atoms with Gasteiger partial charge in [-0.3, -0.25) is 4.79 Å². The lowest BCUT2D eigenvalue weighted by atomic mass is 10.1. The molecule has 0 bridgehead atoms. The van der Waals surface area contributed by atoms with Crippen LogP contribution in [0.3, 0.4) is 0 Å². The minimum Gasteiger partial charge on any atom is -0.496 e. The Morgan fingerprint density at radius 3 is 2.12 bits per heavy atom. The third-order valence-electron chi connectivity index (χ3n) is 3.82. The molecule has 0 aliphatic heterocycles.